The summed E-state index contributed by atoms with van der Waals surface area (Å²) in [5, 5.41) is 3.18. The highest BCUT2D eigenvalue weighted by atomic mass is 16.5. The molecular weight excluding hydrogens is 304 g/mol. The zero-order valence-electron chi connectivity index (χ0n) is 14.5. The number of ether oxygens (including phenoxy) is 1. The van der Waals surface area contributed by atoms with Gasteiger partial charge < -0.3 is 10.1 Å². The van der Waals surface area contributed by atoms with Gasteiger partial charge in [0.1, 0.15) is 0 Å². The first-order valence-electron chi connectivity index (χ1n) is 8.91. The van der Waals surface area contributed by atoms with Gasteiger partial charge in [-0.05, 0) is 44.6 Å². The number of carbonyl (C=O) groups excluding carboxylic acids is 1. The Morgan fingerprint density at radius 3 is 2.96 bits per heavy atom. The highest BCUT2D eigenvalue weighted by Crippen LogP contribution is 2.18. The van der Waals surface area contributed by atoms with Crippen LogP contribution in [0.25, 0.3) is 0 Å². The van der Waals surface area contributed by atoms with Crippen molar-refractivity contribution in [2.75, 3.05) is 39.9 Å². The Balaban J connectivity index is 1.46. The summed E-state index contributed by atoms with van der Waals surface area (Å²) >= 11 is 0. The van der Waals surface area contributed by atoms with Crippen LogP contribution in [-0.2, 0) is 16.1 Å². The van der Waals surface area contributed by atoms with Gasteiger partial charge in [0.05, 0.1) is 31.8 Å². The first-order valence-corrected chi connectivity index (χ1v) is 8.91. The largest absolute Gasteiger partial charge is 0.378 e. The molecule has 1 N–H and O–H groups in total. The quantitative estimate of drug-likeness (QED) is 0.838. The lowest BCUT2D eigenvalue weighted by Gasteiger charge is -2.34. The van der Waals surface area contributed by atoms with E-state index in [-0.39, 0.29) is 11.9 Å². The number of likely N-dealkylation sites (N-methyl/N-ethyl adjacent to an activating group) is 1. The molecule has 1 aromatic rings. The molecule has 1 aromatic heterocycles. The van der Waals surface area contributed by atoms with Crippen LogP contribution in [0.1, 0.15) is 24.8 Å². The normalized spacial score (nSPS) is 25.1. The summed E-state index contributed by atoms with van der Waals surface area (Å²) in [4.78, 5) is 21.0. The Bertz CT molecular complexity index is 519. The molecule has 3 rings (SSSR count). The standard InChI is InChI=1S/C18H28N4O2/c1-21(11-15-6-5-7-19-10-15)12-18(23)20-16-13-24-14-17(16)22-8-3-2-4-9-22/h5-7,10,16-17H,2-4,8-9,11-14H2,1H3,(H,20,23)/t16-,17-/m1/s1. The van der Waals surface area contributed by atoms with Gasteiger partial charge in [0.15, 0.2) is 0 Å². The van der Waals surface area contributed by atoms with Crippen molar-refractivity contribution < 1.29 is 9.53 Å². The molecule has 0 aromatic carbocycles. The van der Waals surface area contributed by atoms with E-state index in [2.05, 4.69) is 15.2 Å². The van der Waals surface area contributed by atoms with Gasteiger partial charge in [0, 0.05) is 18.9 Å². The number of piperidine rings is 1. The summed E-state index contributed by atoms with van der Waals surface area (Å²) in [6.45, 7) is 4.72. The van der Waals surface area contributed by atoms with Gasteiger partial charge >= 0.3 is 0 Å². The Labute approximate surface area is 144 Å². The molecule has 1 amide bonds. The van der Waals surface area contributed by atoms with Crippen molar-refractivity contribution in [3.05, 3.63) is 30.1 Å². The summed E-state index contributed by atoms with van der Waals surface area (Å²) in [7, 11) is 1.96. The second kappa shape index (κ2) is 8.55. The molecule has 2 aliphatic rings. The number of rotatable bonds is 6. The van der Waals surface area contributed by atoms with Gasteiger partial charge in [-0.2, -0.15) is 0 Å². The van der Waals surface area contributed by atoms with Gasteiger partial charge in [-0.25, -0.2) is 0 Å². The van der Waals surface area contributed by atoms with E-state index in [4.69, 9.17) is 4.74 Å². The number of aromatic nitrogens is 1. The maximum Gasteiger partial charge on any atom is 0.234 e. The lowest BCUT2D eigenvalue weighted by atomic mass is 10.0. The molecule has 0 unspecified atom stereocenters. The van der Waals surface area contributed by atoms with E-state index in [1.165, 1.54) is 19.3 Å². The Kier molecular flexibility index (Phi) is 6.18. The average Bonchev–Trinajstić information content (AvgIpc) is 3.04. The van der Waals surface area contributed by atoms with Crippen molar-refractivity contribution in [3.63, 3.8) is 0 Å². The van der Waals surface area contributed by atoms with E-state index < -0.39 is 0 Å². The van der Waals surface area contributed by atoms with E-state index in [0.717, 1.165) is 31.8 Å². The number of amides is 1. The van der Waals surface area contributed by atoms with Crippen molar-refractivity contribution in [1.82, 2.24) is 20.1 Å². The average molecular weight is 332 g/mol. The summed E-state index contributed by atoms with van der Waals surface area (Å²) in [5.41, 5.74) is 1.11. The molecule has 2 aliphatic heterocycles. The SMILES string of the molecule is CN(CC(=O)N[C@@H]1COC[C@H]1N1CCCCC1)Cc1cccnc1. The second-order valence-electron chi connectivity index (χ2n) is 6.91. The van der Waals surface area contributed by atoms with Crippen LogP contribution in [0.3, 0.4) is 0 Å². The number of nitrogens with one attached hydrogen (secondary N) is 1. The summed E-state index contributed by atoms with van der Waals surface area (Å²) in [6, 6.07) is 4.39. The highest BCUT2D eigenvalue weighted by Gasteiger charge is 2.34. The predicted molar refractivity (Wildman–Crippen MR) is 92.5 cm³/mol. The number of pyridine rings is 1. The van der Waals surface area contributed by atoms with E-state index in [1.54, 1.807) is 6.20 Å². The number of hydrogen-bond donors (Lipinski definition) is 1. The van der Waals surface area contributed by atoms with E-state index in [0.29, 0.717) is 19.2 Å². The van der Waals surface area contributed by atoms with Crippen LogP contribution < -0.4 is 5.32 Å². The van der Waals surface area contributed by atoms with Gasteiger partial charge in [-0.15, -0.1) is 0 Å². The van der Waals surface area contributed by atoms with Crippen molar-refractivity contribution >= 4 is 5.91 Å². The van der Waals surface area contributed by atoms with Crippen LogP contribution in [0.5, 0.6) is 0 Å². The lowest BCUT2D eigenvalue weighted by Crippen LogP contribution is -2.53. The smallest absolute Gasteiger partial charge is 0.234 e. The van der Waals surface area contributed by atoms with Crippen LogP contribution in [0, 0.1) is 0 Å². The highest BCUT2D eigenvalue weighted by molar-refractivity contribution is 5.78. The third-order valence-corrected chi connectivity index (χ3v) is 4.85. The molecule has 2 fully saturated rings. The topological polar surface area (TPSA) is 57.7 Å². The molecule has 6 heteroatoms. The minimum atomic E-state index is 0.0684. The number of hydrogen-bond acceptors (Lipinski definition) is 5. The molecular formula is C18H28N4O2. The maximum atomic E-state index is 12.4. The Morgan fingerprint density at radius 1 is 1.38 bits per heavy atom. The minimum Gasteiger partial charge on any atom is -0.378 e. The predicted octanol–water partition coefficient (Wildman–Crippen LogP) is 0.883. The van der Waals surface area contributed by atoms with E-state index in [1.807, 2.05) is 30.3 Å². The molecule has 6 nitrogen and oxygen atoms in total. The van der Waals surface area contributed by atoms with E-state index in [9.17, 15) is 4.79 Å². The molecule has 0 aliphatic carbocycles. The number of nitrogens with zero attached hydrogens (tertiary/aromatic N) is 3. The fourth-order valence-electron chi connectivity index (χ4n) is 3.65. The molecule has 2 atom stereocenters. The van der Waals surface area contributed by atoms with Crippen LogP contribution in [0.2, 0.25) is 0 Å². The zero-order chi connectivity index (χ0) is 16.8. The maximum absolute atomic E-state index is 12.4. The summed E-state index contributed by atoms with van der Waals surface area (Å²) in [6.07, 6.45) is 7.43. The third-order valence-electron chi connectivity index (χ3n) is 4.85. The Morgan fingerprint density at radius 2 is 2.21 bits per heavy atom. The molecule has 24 heavy (non-hydrogen) atoms. The molecule has 0 bridgehead atoms. The monoisotopic (exact) mass is 332 g/mol. The molecule has 0 spiro atoms. The Hall–Kier alpha value is -1.50. The van der Waals surface area contributed by atoms with Gasteiger partial charge in [-0.3, -0.25) is 19.6 Å². The van der Waals surface area contributed by atoms with E-state index >= 15 is 0 Å². The second-order valence-corrected chi connectivity index (χ2v) is 6.91. The van der Waals surface area contributed by atoms with Crippen LogP contribution >= 0.6 is 0 Å². The lowest BCUT2D eigenvalue weighted by molar-refractivity contribution is -0.123. The van der Waals surface area contributed by atoms with Crippen molar-refractivity contribution in [2.45, 2.75) is 37.9 Å². The number of carbonyl (C=O) groups is 1. The first kappa shape index (κ1) is 17.3. The zero-order valence-corrected chi connectivity index (χ0v) is 14.5. The molecule has 0 radical (unpaired) electrons. The molecule has 2 saturated heterocycles. The van der Waals surface area contributed by atoms with Crippen LogP contribution in [-0.4, -0.2) is 72.7 Å². The van der Waals surface area contributed by atoms with Crippen molar-refractivity contribution in [3.8, 4) is 0 Å². The first-order chi connectivity index (χ1) is 11.7. The van der Waals surface area contributed by atoms with Crippen molar-refractivity contribution in [2.24, 2.45) is 0 Å². The van der Waals surface area contributed by atoms with Gasteiger partial charge in [0.25, 0.3) is 0 Å². The van der Waals surface area contributed by atoms with Gasteiger partial charge in [-0.1, -0.05) is 12.5 Å². The number of likely N-dealkylation sites (tertiary alicyclic amines) is 1. The molecule has 3 heterocycles. The molecule has 132 valence electrons. The fraction of sp³-hybridized carbons (Fsp3) is 0.667. The minimum absolute atomic E-state index is 0.0684. The van der Waals surface area contributed by atoms with Crippen LogP contribution in [0.15, 0.2) is 24.5 Å². The summed E-state index contributed by atoms with van der Waals surface area (Å²) in [5.74, 6) is 0.0684. The summed E-state index contributed by atoms with van der Waals surface area (Å²) < 4.78 is 5.65. The van der Waals surface area contributed by atoms with Crippen molar-refractivity contribution in [1.29, 1.82) is 0 Å². The third kappa shape index (κ3) is 4.75. The fourth-order valence-corrected chi connectivity index (χ4v) is 3.65. The molecule has 0 saturated carbocycles. The van der Waals surface area contributed by atoms with Gasteiger partial charge in [0.2, 0.25) is 5.91 Å². The van der Waals surface area contributed by atoms with Crippen LogP contribution in [0.4, 0.5) is 0 Å².